The molecule has 0 heterocycles. The summed E-state index contributed by atoms with van der Waals surface area (Å²) < 4.78 is 0. The number of benzene rings is 1. The number of allylic oxidation sites excluding steroid dienone is 2. The van der Waals surface area contributed by atoms with Gasteiger partial charge in [-0.15, -0.1) is 0 Å². The Morgan fingerprint density at radius 2 is 2.11 bits per heavy atom. The van der Waals surface area contributed by atoms with Crippen molar-refractivity contribution < 1.29 is 14.7 Å². The fraction of sp³-hybridized carbons (Fsp3) is 0.333. The van der Waals surface area contributed by atoms with Crippen molar-refractivity contribution in [1.82, 2.24) is 0 Å². The maximum absolute atomic E-state index is 11.9. The molecule has 1 unspecified atom stereocenters. The first-order valence-electron chi connectivity index (χ1n) is 6.41. The number of carboxylic acids is 1. The van der Waals surface area contributed by atoms with Gasteiger partial charge in [-0.3, -0.25) is 9.59 Å². The van der Waals surface area contributed by atoms with Gasteiger partial charge in [0, 0.05) is 12.1 Å². The molecule has 0 saturated heterocycles. The van der Waals surface area contributed by atoms with Crippen LogP contribution in [0.15, 0.2) is 36.4 Å². The molecule has 1 aromatic rings. The van der Waals surface area contributed by atoms with E-state index < -0.39 is 5.97 Å². The maximum atomic E-state index is 11.9. The van der Waals surface area contributed by atoms with Crippen molar-refractivity contribution in [1.29, 1.82) is 0 Å². The summed E-state index contributed by atoms with van der Waals surface area (Å²) >= 11 is 0. The van der Waals surface area contributed by atoms with Gasteiger partial charge in [0.1, 0.15) is 0 Å². The molecular formula is C15H17NO3. The van der Waals surface area contributed by atoms with Crippen LogP contribution in [-0.2, 0) is 16.0 Å². The summed E-state index contributed by atoms with van der Waals surface area (Å²) in [6, 6.07) is 7.02. The third-order valence-electron chi connectivity index (χ3n) is 3.19. The highest BCUT2D eigenvalue weighted by molar-refractivity contribution is 5.92. The molecule has 4 heteroatoms. The lowest BCUT2D eigenvalue weighted by molar-refractivity contribution is -0.136. The summed E-state index contributed by atoms with van der Waals surface area (Å²) in [6.45, 7) is 0. The van der Waals surface area contributed by atoms with E-state index >= 15 is 0 Å². The van der Waals surface area contributed by atoms with Crippen LogP contribution in [0.4, 0.5) is 5.69 Å². The molecule has 0 radical (unpaired) electrons. The first-order chi connectivity index (χ1) is 9.15. The second-order valence-electron chi connectivity index (χ2n) is 4.75. The van der Waals surface area contributed by atoms with Gasteiger partial charge in [-0.25, -0.2) is 0 Å². The number of carboxylic acid groups (broad SMARTS) is 1. The normalized spacial score (nSPS) is 17.4. The summed E-state index contributed by atoms with van der Waals surface area (Å²) in [5.74, 6) is -0.651. The number of hydrogen-bond donors (Lipinski definition) is 2. The van der Waals surface area contributed by atoms with E-state index in [0.717, 1.165) is 12.8 Å². The van der Waals surface area contributed by atoms with Crippen molar-refractivity contribution in [2.75, 3.05) is 5.32 Å². The van der Waals surface area contributed by atoms with Gasteiger partial charge in [0.25, 0.3) is 0 Å². The molecular weight excluding hydrogens is 242 g/mol. The van der Waals surface area contributed by atoms with E-state index in [0.29, 0.717) is 23.6 Å². The van der Waals surface area contributed by atoms with Gasteiger partial charge in [-0.1, -0.05) is 30.4 Å². The predicted octanol–water partition coefficient (Wildman–Crippen LogP) is 2.61. The van der Waals surface area contributed by atoms with Crippen LogP contribution in [0.25, 0.3) is 0 Å². The van der Waals surface area contributed by atoms with Crippen LogP contribution >= 0.6 is 0 Å². The number of carbonyl (C=O) groups excluding carboxylic acids is 1. The molecule has 19 heavy (non-hydrogen) atoms. The molecule has 1 aliphatic rings. The average Bonchev–Trinajstić information content (AvgIpc) is 2.83. The minimum atomic E-state index is -0.902. The van der Waals surface area contributed by atoms with Crippen molar-refractivity contribution >= 4 is 17.6 Å². The van der Waals surface area contributed by atoms with Crippen LogP contribution in [0, 0.1) is 5.92 Å². The Bertz CT molecular complexity index is 508. The lowest BCUT2D eigenvalue weighted by atomic mass is 10.0. The van der Waals surface area contributed by atoms with Crippen molar-refractivity contribution in [3.05, 3.63) is 42.0 Å². The number of rotatable bonds is 5. The highest BCUT2D eigenvalue weighted by Crippen LogP contribution is 2.22. The van der Waals surface area contributed by atoms with Gasteiger partial charge in [-0.2, -0.15) is 0 Å². The fourth-order valence-corrected chi connectivity index (χ4v) is 2.26. The molecule has 0 aliphatic heterocycles. The highest BCUT2D eigenvalue weighted by Gasteiger charge is 2.15. The number of hydrogen-bond acceptors (Lipinski definition) is 2. The van der Waals surface area contributed by atoms with Gasteiger partial charge in [0.2, 0.25) is 5.91 Å². The summed E-state index contributed by atoms with van der Waals surface area (Å²) in [7, 11) is 0. The molecule has 0 spiro atoms. The van der Waals surface area contributed by atoms with Gasteiger partial charge in [0.15, 0.2) is 0 Å². The number of carbonyl (C=O) groups is 2. The van der Waals surface area contributed by atoms with Crippen molar-refractivity contribution in [2.45, 2.75) is 25.7 Å². The van der Waals surface area contributed by atoms with E-state index in [2.05, 4.69) is 17.5 Å². The van der Waals surface area contributed by atoms with Crippen LogP contribution in [0.1, 0.15) is 24.8 Å². The van der Waals surface area contributed by atoms with E-state index in [4.69, 9.17) is 5.11 Å². The number of nitrogens with one attached hydrogen (secondary N) is 1. The van der Waals surface area contributed by atoms with Crippen LogP contribution in [-0.4, -0.2) is 17.0 Å². The van der Waals surface area contributed by atoms with E-state index in [-0.39, 0.29) is 12.3 Å². The topological polar surface area (TPSA) is 66.4 Å². The average molecular weight is 259 g/mol. The first kappa shape index (κ1) is 13.3. The molecule has 4 nitrogen and oxygen atoms in total. The Morgan fingerprint density at radius 3 is 2.79 bits per heavy atom. The molecule has 1 atom stereocenters. The molecule has 1 aromatic carbocycles. The van der Waals surface area contributed by atoms with Crippen molar-refractivity contribution in [2.24, 2.45) is 5.92 Å². The molecule has 0 bridgehead atoms. The Morgan fingerprint density at radius 1 is 1.32 bits per heavy atom. The van der Waals surface area contributed by atoms with Gasteiger partial charge in [0.05, 0.1) is 6.42 Å². The molecule has 2 rings (SSSR count). The molecule has 0 fully saturated rings. The minimum absolute atomic E-state index is 0.0608. The molecule has 1 amide bonds. The molecule has 2 N–H and O–H groups in total. The van der Waals surface area contributed by atoms with Crippen LogP contribution in [0.3, 0.4) is 0 Å². The number of para-hydroxylation sites is 1. The van der Waals surface area contributed by atoms with Crippen LogP contribution < -0.4 is 5.32 Å². The second kappa shape index (κ2) is 6.18. The Kier molecular flexibility index (Phi) is 4.34. The van der Waals surface area contributed by atoms with Crippen molar-refractivity contribution in [3.8, 4) is 0 Å². The highest BCUT2D eigenvalue weighted by atomic mass is 16.4. The minimum Gasteiger partial charge on any atom is -0.481 e. The van der Waals surface area contributed by atoms with Gasteiger partial charge >= 0.3 is 5.97 Å². The van der Waals surface area contributed by atoms with Crippen molar-refractivity contribution in [3.63, 3.8) is 0 Å². The fourth-order valence-electron chi connectivity index (χ4n) is 2.26. The maximum Gasteiger partial charge on any atom is 0.307 e. The smallest absolute Gasteiger partial charge is 0.307 e. The summed E-state index contributed by atoms with van der Waals surface area (Å²) in [4.78, 5) is 22.7. The zero-order chi connectivity index (χ0) is 13.7. The summed E-state index contributed by atoms with van der Waals surface area (Å²) in [5, 5.41) is 11.6. The van der Waals surface area contributed by atoms with E-state index in [1.54, 1.807) is 24.3 Å². The third-order valence-corrected chi connectivity index (χ3v) is 3.19. The standard InChI is InChI=1S/C15H17NO3/c17-14(9-11-5-1-2-6-11)16-13-8-4-3-7-12(13)10-15(18)19/h1,3-5,7-8,11H,2,6,9-10H2,(H,16,17)(H,18,19). The molecule has 0 saturated carbocycles. The van der Waals surface area contributed by atoms with E-state index in [1.165, 1.54) is 0 Å². The SMILES string of the molecule is O=C(O)Cc1ccccc1NC(=O)CC1C=CCC1. The Labute approximate surface area is 112 Å². The predicted molar refractivity (Wildman–Crippen MR) is 72.9 cm³/mol. The lowest BCUT2D eigenvalue weighted by Crippen LogP contribution is -2.16. The van der Waals surface area contributed by atoms with Crippen LogP contribution in [0.5, 0.6) is 0 Å². The van der Waals surface area contributed by atoms with E-state index in [1.807, 2.05) is 0 Å². The number of aliphatic carboxylic acids is 1. The van der Waals surface area contributed by atoms with E-state index in [9.17, 15) is 9.59 Å². The van der Waals surface area contributed by atoms with Gasteiger partial charge < -0.3 is 10.4 Å². The monoisotopic (exact) mass is 259 g/mol. The Hall–Kier alpha value is -2.10. The number of amides is 1. The summed E-state index contributed by atoms with van der Waals surface area (Å²) in [6.07, 6.45) is 6.59. The van der Waals surface area contributed by atoms with Crippen LogP contribution in [0.2, 0.25) is 0 Å². The Balaban J connectivity index is 1.99. The summed E-state index contributed by atoms with van der Waals surface area (Å²) in [5.41, 5.74) is 1.22. The lowest BCUT2D eigenvalue weighted by Gasteiger charge is -2.11. The quantitative estimate of drug-likeness (QED) is 0.799. The zero-order valence-corrected chi connectivity index (χ0v) is 10.6. The number of anilines is 1. The molecule has 0 aromatic heterocycles. The first-order valence-corrected chi connectivity index (χ1v) is 6.41. The molecule has 100 valence electrons. The zero-order valence-electron chi connectivity index (χ0n) is 10.6. The van der Waals surface area contributed by atoms with Gasteiger partial charge in [-0.05, 0) is 30.4 Å². The largest absolute Gasteiger partial charge is 0.481 e. The molecule has 1 aliphatic carbocycles. The third kappa shape index (κ3) is 3.95. The second-order valence-corrected chi connectivity index (χ2v) is 4.75.